The van der Waals surface area contributed by atoms with Crippen molar-refractivity contribution >= 4 is 38.8 Å². The monoisotopic (exact) mass is 542 g/mol. The number of hydrogen-bond donors (Lipinski definition) is 0. The Morgan fingerprint density at radius 1 is 1.06 bits per heavy atom. The number of ether oxygens (including phenoxy) is 1. The van der Waals surface area contributed by atoms with Gasteiger partial charge in [0.25, 0.3) is 0 Å². The molecule has 0 spiro atoms. The van der Waals surface area contributed by atoms with Crippen LogP contribution in [0.5, 0.6) is 5.75 Å². The van der Waals surface area contributed by atoms with Gasteiger partial charge in [-0.25, -0.2) is 14.8 Å². The average molecular weight is 543 g/mol. The summed E-state index contributed by atoms with van der Waals surface area (Å²) in [5, 5.41) is 0. The van der Waals surface area contributed by atoms with E-state index in [2.05, 4.69) is 30.8 Å². The minimum Gasteiger partial charge on any atom is -0.497 e. The van der Waals surface area contributed by atoms with Crippen molar-refractivity contribution in [3.05, 3.63) is 45.5 Å². The smallest absolute Gasteiger partial charge is 0.328 e. The number of imidazole rings is 1. The summed E-state index contributed by atoms with van der Waals surface area (Å²) in [7, 11) is 3.45. The van der Waals surface area contributed by atoms with E-state index in [0.717, 1.165) is 60.0 Å². The van der Waals surface area contributed by atoms with Gasteiger partial charge in [-0.3, -0.25) is 13.9 Å². The van der Waals surface area contributed by atoms with Crippen LogP contribution in [0.25, 0.3) is 11.0 Å². The number of nitrogens with zero attached hydrogens (tertiary/aromatic N) is 6. The molecule has 3 aromatic rings. The molecule has 1 saturated heterocycles. The molecular formula is C25H31BrN6O3. The van der Waals surface area contributed by atoms with Crippen molar-refractivity contribution in [1.29, 1.82) is 0 Å². The summed E-state index contributed by atoms with van der Waals surface area (Å²) in [4.78, 5) is 39.0. The Morgan fingerprint density at radius 2 is 1.74 bits per heavy atom. The number of fused-ring (bicyclic) bond motifs is 1. The summed E-state index contributed by atoms with van der Waals surface area (Å²) < 4.78 is 9.80. The molecule has 0 N–H and O–H groups in total. The molecule has 9 nitrogen and oxygen atoms in total. The Kier molecular flexibility index (Phi) is 6.82. The van der Waals surface area contributed by atoms with E-state index in [0.29, 0.717) is 31.5 Å². The molecule has 1 aromatic carbocycles. The summed E-state index contributed by atoms with van der Waals surface area (Å²) >= 11 is 3.37. The number of piperazine rings is 1. The number of rotatable bonds is 5. The standard InChI is InChI=1S/C25H31BrN6O3/c1-29-21-8-7-20(35-2)13-22(21)32(25(29)34)16-17-3-5-18(6-4-17)23(33)30-9-11-31(12-10-30)24-27-14-19(26)15-28-24/h7-8,13-15,17-18H,3-6,9-12,16H2,1-2H3. The summed E-state index contributed by atoms with van der Waals surface area (Å²) in [6.07, 6.45) is 7.17. The number of methoxy groups -OCH3 is 1. The average Bonchev–Trinajstić information content (AvgIpc) is 3.13. The molecule has 0 atom stereocenters. The van der Waals surface area contributed by atoms with Crippen LogP contribution in [-0.2, 0) is 18.4 Å². The first kappa shape index (κ1) is 23.8. The van der Waals surface area contributed by atoms with Gasteiger partial charge in [0.1, 0.15) is 5.75 Å². The van der Waals surface area contributed by atoms with Crippen LogP contribution in [0.2, 0.25) is 0 Å². The zero-order valence-corrected chi connectivity index (χ0v) is 21.8. The van der Waals surface area contributed by atoms with Gasteiger partial charge in [-0.15, -0.1) is 0 Å². The Bertz CT molecular complexity index is 1250. The van der Waals surface area contributed by atoms with Crippen molar-refractivity contribution in [2.24, 2.45) is 18.9 Å². The third-order valence-electron chi connectivity index (χ3n) is 7.47. The van der Waals surface area contributed by atoms with Crippen molar-refractivity contribution in [2.75, 3.05) is 38.2 Å². The number of hydrogen-bond acceptors (Lipinski definition) is 6. The number of halogens is 1. The largest absolute Gasteiger partial charge is 0.497 e. The van der Waals surface area contributed by atoms with Crippen molar-refractivity contribution in [3.8, 4) is 5.75 Å². The number of benzene rings is 1. The Morgan fingerprint density at radius 3 is 2.40 bits per heavy atom. The number of aryl methyl sites for hydroxylation is 1. The van der Waals surface area contributed by atoms with Crippen molar-refractivity contribution < 1.29 is 9.53 Å². The van der Waals surface area contributed by atoms with Gasteiger partial charge in [0.15, 0.2) is 0 Å². The highest BCUT2D eigenvalue weighted by atomic mass is 79.9. The predicted molar refractivity (Wildman–Crippen MR) is 138 cm³/mol. The summed E-state index contributed by atoms with van der Waals surface area (Å²) in [5.74, 6) is 2.19. The molecule has 0 unspecified atom stereocenters. The highest BCUT2D eigenvalue weighted by molar-refractivity contribution is 9.10. The van der Waals surface area contributed by atoms with E-state index in [1.54, 1.807) is 24.1 Å². The molecule has 1 saturated carbocycles. The molecule has 3 heterocycles. The predicted octanol–water partition coefficient (Wildman–Crippen LogP) is 3.06. The van der Waals surface area contributed by atoms with Crippen molar-refractivity contribution in [2.45, 2.75) is 32.2 Å². The highest BCUT2D eigenvalue weighted by Gasteiger charge is 2.32. The minimum atomic E-state index is -0.000854. The molecule has 1 amide bonds. The van der Waals surface area contributed by atoms with Crippen LogP contribution in [0, 0.1) is 11.8 Å². The lowest BCUT2D eigenvalue weighted by Gasteiger charge is -2.38. The lowest BCUT2D eigenvalue weighted by Crippen LogP contribution is -2.51. The van der Waals surface area contributed by atoms with Gasteiger partial charge in [0.05, 0.1) is 22.6 Å². The maximum atomic E-state index is 13.2. The summed E-state index contributed by atoms with van der Waals surface area (Å²) in [6, 6.07) is 5.75. The zero-order valence-electron chi connectivity index (χ0n) is 20.2. The molecular weight excluding hydrogens is 512 g/mol. The van der Waals surface area contributed by atoms with Gasteiger partial charge in [0, 0.05) is 64.1 Å². The fourth-order valence-corrected chi connectivity index (χ4v) is 5.60. The van der Waals surface area contributed by atoms with Crippen LogP contribution in [0.4, 0.5) is 5.95 Å². The van der Waals surface area contributed by atoms with Gasteiger partial charge < -0.3 is 14.5 Å². The van der Waals surface area contributed by atoms with Gasteiger partial charge in [-0.05, 0) is 59.7 Å². The summed E-state index contributed by atoms with van der Waals surface area (Å²) in [5.41, 5.74) is 1.81. The van der Waals surface area contributed by atoms with E-state index in [1.165, 1.54) is 0 Å². The van der Waals surface area contributed by atoms with E-state index < -0.39 is 0 Å². The van der Waals surface area contributed by atoms with E-state index in [1.807, 2.05) is 34.7 Å². The molecule has 186 valence electrons. The van der Waals surface area contributed by atoms with E-state index in [9.17, 15) is 9.59 Å². The molecule has 10 heteroatoms. The van der Waals surface area contributed by atoms with Crippen LogP contribution < -0.4 is 15.3 Å². The lowest BCUT2D eigenvalue weighted by molar-refractivity contribution is -0.137. The Labute approximate surface area is 212 Å². The SMILES string of the molecule is COc1ccc2c(c1)n(CC1CCC(C(=O)N3CCN(c4ncc(Br)cn4)CC3)CC1)c(=O)n2C. The number of carbonyl (C=O) groups excluding carboxylic acids is 1. The van der Waals surface area contributed by atoms with Crippen molar-refractivity contribution in [3.63, 3.8) is 0 Å². The molecule has 2 aliphatic rings. The van der Waals surface area contributed by atoms with Gasteiger partial charge in [-0.2, -0.15) is 0 Å². The second-order valence-electron chi connectivity index (χ2n) is 9.54. The Hall–Kier alpha value is -2.88. The third kappa shape index (κ3) is 4.80. The van der Waals surface area contributed by atoms with E-state index in [-0.39, 0.29) is 17.5 Å². The van der Waals surface area contributed by atoms with E-state index >= 15 is 0 Å². The fraction of sp³-hybridized carbons (Fsp3) is 0.520. The first-order valence-electron chi connectivity index (χ1n) is 12.2. The van der Waals surface area contributed by atoms with Crippen molar-refractivity contribution in [1.82, 2.24) is 24.0 Å². The molecule has 2 aromatic heterocycles. The topological polar surface area (TPSA) is 85.5 Å². The van der Waals surface area contributed by atoms with Gasteiger partial charge >= 0.3 is 5.69 Å². The quantitative estimate of drug-likeness (QED) is 0.492. The molecule has 0 radical (unpaired) electrons. The van der Waals surface area contributed by atoms with E-state index in [4.69, 9.17) is 4.74 Å². The minimum absolute atomic E-state index is 0.000854. The van der Waals surface area contributed by atoms with Gasteiger partial charge in [0.2, 0.25) is 11.9 Å². The molecule has 1 aliphatic heterocycles. The first-order valence-corrected chi connectivity index (χ1v) is 13.0. The molecule has 35 heavy (non-hydrogen) atoms. The number of anilines is 1. The Balaban J connectivity index is 1.17. The molecule has 0 bridgehead atoms. The molecule has 2 fully saturated rings. The van der Waals surface area contributed by atoms with Gasteiger partial charge in [-0.1, -0.05) is 0 Å². The van der Waals surface area contributed by atoms with Crippen LogP contribution in [0.3, 0.4) is 0 Å². The molecule has 5 rings (SSSR count). The third-order valence-corrected chi connectivity index (χ3v) is 7.88. The fourth-order valence-electron chi connectivity index (χ4n) is 5.40. The zero-order chi connectivity index (χ0) is 24.5. The maximum Gasteiger partial charge on any atom is 0.328 e. The van der Waals surface area contributed by atoms with Crippen LogP contribution >= 0.6 is 15.9 Å². The highest BCUT2D eigenvalue weighted by Crippen LogP contribution is 2.32. The second-order valence-corrected chi connectivity index (χ2v) is 10.5. The number of carbonyl (C=O) groups is 1. The maximum absolute atomic E-state index is 13.2. The van der Waals surface area contributed by atoms with Crippen LogP contribution in [-0.4, -0.2) is 63.2 Å². The molecule has 1 aliphatic carbocycles. The van der Waals surface area contributed by atoms with Crippen LogP contribution in [0.1, 0.15) is 25.7 Å². The lowest BCUT2D eigenvalue weighted by atomic mass is 9.81. The first-order chi connectivity index (χ1) is 16.9. The summed E-state index contributed by atoms with van der Waals surface area (Å²) in [6.45, 7) is 3.57. The van der Waals surface area contributed by atoms with Crippen LogP contribution in [0.15, 0.2) is 39.9 Å². The second kappa shape index (κ2) is 10.0. The number of aromatic nitrogens is 4. The number of amides is 1. The normalized spacial score (nSPS) is 20.9.